The van der Waals surface area contributed by atoms with Gasteiger partial charge in [0, 0.05) is 5.56 Å². The lowest BCUT2D eigenvalue weighted by Gasteiger charge is -2.40. The minimum atomic E-state index is -0.633. The maximum atomic E-state index is 14.1. The number of hydrogen-bond donors (Lipinski definition) is 1. The fourth-order valence-electron chi connectivity index (χ4n) is 3.55. The monoisotopic (exact) mass is 398 g/mol. The molecule has 0 heterocycles. The first-order valence-corrected chi connectivity index (χ1v) is 10.0. The van der Waals surface area contributed by atoms with Crippen LogP contribution >= 0.6 is 0 Å². The summed E-state index contributed by atoms with van der Waals surface area (Å²) < 4.78 is 14.1. The number of nitrogens with zero attached hydrogens (tertiary/aromatic N) is 1. The van der Waals surface area contributed by atoms with Crippen molar-refractivity contribution in [3.8, 4) is 0 Å². The van der Waals surface area contributed by atoms with Gasteiger partial charge in [-0.1, -0.05) is 63.4 Å². The maximum absolute atomic E-state index is 14.1. The summed E-state index contributed by atoms with van der Waals surface area (Å²) in [7, 11) is 0. The zero-order valence-electron chi connectivity index (χ0n) is 18.2. The molecule has 0 aliphatic heterocycles. The summed E-state index contributed by atoms with van der Waals surface area (Å²) in [6, 6.07) is 11.1. The first kappa shape index (κ1) is 22.6. The largest absolute Gasteiger partial charge is 0.272 e. The summed E-state index contributed by atoms with van der Waals surface area (Å²) in [5.41, 5.74) is 4.77. The van der Waals surface area contributed by atoms with Crippen molar-refractivity contribution in [2.45, 2.75) is 60.4 Å². The molecule has 2 rings (SSSR count). The Kier molecular flexibility index (Phi) is 7.17. The van der Waals surface area contributed by atoms with Gasteiger partial charge < -0.3 is 0 Å². The molecule has 5 heteroatoms. The van der Waals surface area contributed by atoms with Crippen molar-refractivity contribution in [1.29, 1.82) is 0 Å². The number of carbonyl (C=O) groups excluding carboxylic acids is 2. The lowest BCUT2D eigenvalue weighted by Crippen LogP contribution is -2.56. The Bertz CT molecular complexity index is 866. The zero-order chi connectivity index (χ0) is 21.8. The van der Waals surface area contributed by atoms with Crippen molar-refractivity contribution in [2.75, 3.05) is 0 Å². The van der Waals surface area contributed by atoms with Gasteiger partial charge in [0.25, 0.3) is 11.8 Å². The van der Waals surface area contributed by atoms with E-state index in [9.17, 15) is 14.0 Å². The number of carbonyl (C=O) groups is 2. The minimum absolute atomic E-state index is 0.0881. The number of hydrogen-bond acceptors (Lipinski definition) is 2. The first-order chi connectivity index (χ1) is 13.5. The molecular weight excluding hydrogens is 367 g/mol. The Morgan fingerprint density at radius 3 is 2.17 bits per heavy atom. The summed E-state index contributed by atoms with van der Waals surface area (Å²) in [6.07, 6.45) is 1.55. The van der Waals surface area contributed by atoms with Crippen LogP contribution in [0.4, 0.5) is 4.39 Å². The Morgan fingerprint density at radius 2 is 1.66 bits per heavy atom. The number of rotatable bonds is 5. The number of nitrogens with one attached hydrogen (secondary N) is 1. The van der Waals surface area contributed by atoms with Gasteiger partial charge >= 0.3 is 0 Å². The molecule has 0 bridgehead atoms. The van der Waals surface area contributed by atoms with Gasteiger partial charge in [-0.25, -0.2) is 9.40 Å². The average Bonchev–Trinajstić information content (AvgIpc) is 2.62. The van der Waals surface area contributed by atoms with E-state index in [0.29, 0.717) is 12.0 Å². The summed E-state index contributed by atoms with van der Waals surface area (Å²) in [5.74, 6) is -1.55. The van der Waals surface area contributed by atoms with Crippen molar-refractivity contribution >= 4 is 11.8 Å². The molecule has 0 radical (unpaired) electrons. The maximum Gasteiger partial charge on any atom is 0.272 e. The molecule has 0 saturated carbocycles. The molecule has 156 valence electrons. The van der Waals surface area contributed by atoms with Crippen LogP contribution in [-0.2, 0) is 0 Å². The van der Waals surface area contributed by atoms with Crippen LogP contribution in [0.15, 0.2) is 42.5 Å². The first-order valence-electron chi connectivity index (χ1n) is 10.0. The predicted octanol–water partition coefficient (Wildman–Crippen LogP) is 5.44. The van der Waals surface area contributed by atoms with E-state index in [2.05, 4.69) is 5.43 Å². The van der Waals surface area contributed by atoms with Gasteiger partial charge in [-0.15, -0.1) is 0 Å². The van der Waals surface area contributed by atoms with Gasteiger partial charge in [0.15, 0.2) is 0 Å². The number of amides is 2. The average molecular weight is 399 g/mol. The van der Waals surface area contributed by atoms with Crippen LogP contribution in [0.5, 0.6) is 0 Å². The van der Waals surface area contributed by atoms with Crippen LogP contribution in [0.1, 0.15) is 72.4 Å². The number of benzene rings is 2. The van der Waals surface area contributed by atoms with Crippen LogP contribution in [0.3, 0.4) is 0 Å². The topological polar surface area (TPSA) is 49.4 Å². The highest BCUT2D eigenvalue weighted by molar-refractivity contribution is 5.99. The van der Waals surface area contributed by atoms with E-state index in [1.165, 1.54) is 23.2 Å². The molecule has 2 amide bonds. The van der Waals surface area contributed by atoms with E-state index in [4.69, 9.17) is 0 Å². The molecule has 2 aromatic carbocycles. The molecule has 0 aliphatic carbocycles. The van der Waals surface area contributed by atoms with Gasteiger partial charge in [0.1, 0.15) is 5.82 Å². The van der Waals surface area contributed by atoms with Gasteiger partial charge in [-0.2, -0.15) is 0 Å². The summed E-state index contributed by atoms with van der Waals surface area (Å²) in [4.78, 5) is 26.3. The van der Waals surface area contributed by atoms with E-state index >= 15 is 0 Å². The molecule has 4 nitrogen and oxygen atoms in total. The fourth-order valence-corrected chi connectivity index (χ4v) is 3.55. The van der Waals surface area contributed by atoms with E-state index in [1.807, 2.05) is 59.7 Å². The second-order valence-corrected chi connectivity index (χ2v) is 8.64. The number of aryl methyl sites for hydroxylation is 2. The van der Waals surface area contributed by atoms with E-state index in [0.717, 1.165) is 17.5 Å². The van der Waals surface area contributed by atoms with Gasteiger partial charge in [0.05, 0.1) is 11.6 Å². The smallest absolute Gasteiger partial charge is 0.267 e. The van der Waals surface area contributed by atoms with Gasteiger partial charge in [-0.05, 0) is 49.9 Å². The van der Waals surface area contributed by atoms with Crippen molar-refractivity contribution in [3.63, 3.8) is 0 Å². The van der Waals surface area contributed by atoms with Gasteiger partial charge in [-0.3, -0.25) is 15.0 Å². The molecule has 0 saturated heterocycles. The van der Waals surface area contributed by atoms with Crippen LogP contribution in [0, 0.1) is 25.1 Å². The second-order valence-electron chi connectivity index (χ2n) is 8.64. The molecule has 0 fully saturated rings. The molecule has 0 aromatic heterocycles. The third-order valence-electron chi connectivity index (χ3n) is 4.90. The molecule has 0 unspecified atom stereocenters. The lowest BCUT2D eigenvalue weighted by atomic mass is 9.83. The number of hydrazine groups is 1. The van der Waals surface area contributed by atoms with Crippen LogP contribution < -0.4 is 5.43 Å². The SMILES string of the molecule is CCC[C@@H](N(NC(=O)c1ccccc1F)C(=O)c1cc(C)cc(C)c1)C(C)(C)C. The lowest BCUT2D eigenvalue weighted by molar-refractivity contribution is 0.0269. The van der Waals surface area contributed by atoms with Crippen molar-refractivity contribution in [2.24, 2.45) is 5.41 Å². The third-order valence-corrected chi connectivity index (χ3v) is 4.90. The third kappa shape index (κ3) is 5.66. The van der Waals surface area contributed by atoms with Gasteiger partial charge in [0.2, 0.25) is 0 Å². The molecule has 1 N–H and O–H groups in total. The Balaban J connectivity index is 2.48. The van der Waals surface area contributed by atoms with Crippen molar-refractivity contribution < 1.29 is 14.0 Å². The van der Waals surface area contributed by atoms with Crippen LogP contribution in [0.2, 0.25) is 0 Å². The van der Waals surface area contributed by atoms with Crippen molar-refractivity contribution in [1.82, 2.24) is 10.4 Å². The Morgan fingerprint density at radius 1 is 1.07 bits per heavy atom. The van der Waals surface area contributed by atoms with E-state index in [1.54, 1.807) is 6.07 Å². The normalized spacial score (nSPS) is 12.4. The molecule has 2 aromatic rings. The van der Waals surface area contributed by atoms with E-state index < -0.39 is 11.7 Å². The Hall–Kier alpha value is -2.69. The predicted molar refractivity (Wildman–Crippen MR) is 114 cm³/mol. The molecular formula is C24H31FN2O2. The summed E-state index contributed by atoms with van der Waals surface area (Å²) in [5, 5.41) is 1.40. The van der Waals surface area contributed by atoms with E-state index in [-0.39, 0.29) is 22.9 Å². The number of halogens is 1. The minimum Gasteiger partial charge on any atom is -0.267 e. The van der Waals surface area contributed by atoms with Crippen molar-refractivity contribution in [3.05, 3.63) is 70.5 Å². The zero-order valence-corrected chi connectivity index (χ0v) is 18.2. The Labute approximate surface area is 173 Å². The second kappa shape index (κ2) is 9.21. The molecule has 1 atom stereocenters. The highest BCUT2D eigenvalue weighted by Gasteiger charge is 2.35. The van der Waals surface area contributed by atoms with Crippen LogP contribution in [0.25, 0.3) is 0 Å². The highest BCUT2D eigenvalue weighted by Crippen LogP contribution is 2.29. The molecule has 0 aliphatic rings. The highest BCUT2D eigenvalue weighted by atomic mass is 19.1. The molecule has 0 spiro atoms. The standard InChI is InChI=1S/C24H31FN2O2/c1-7-10-21(24(4,5)6)27(23(29)18-14-16(2)13-17(3)15-18)26-22(28)19-11-8-9-12-20(19)25/h8-9,11-15,21H,7,10H2,1-6H3,(H,26,28)/t21-/m1/s1. The molecule has 29 heavy (non-hydrogen) atoms. The quantitative estimate of drug-likeness (QED) is 0.682. The summed E-state index contributed by atoms with van der Waals surface area (Å²) >= 11 is 0. The summed E-state index contributed by atoms with van der Waals surface area (Å²) in [6.45, 7) is 12.0. The fraction of sp³-hybridized carbons (Fsp3) is 0.417. The van der Waals surface area contributed by atoms with Crippen LogP contribution in [-0.4, -0.2) is 22.9 Å².